The number of hydrogen-bond acceptors (Lipinski definition) is 15. The molecule has 2 aromatic carbocycles. The second-order valence-electron chi connectivity index (χ2n) is 14.3. The minimum atomic E-state index is -1.62. The lowest BCUT2D eigenvalue weighted by molar-refractivity contribution is -0.108. The van der Waals surface area contributed by atoms with Crippen LogP contribution in [-0.2, 0) is 9.59 Å². The first kappa shape index (κ1) is 51.0. The van der Waals surface area contributed by atoms with Gasteiger partial charge in [0.1, 0.15) is 0 Å². The van der Waals surface area contributed by atoms with Crippen molar-refractivity contribution in [3.8, 4) is 0 Å². The van der Waals surface area contributed by atoms with Crippen LogP contribution in [0.25, 0.3) is 0 Å². The molecule has 0 saturated heterocycles. The average Bonchev–Trinajstić information content (AvgIpc) is 3.21. The molecule has 0 spiro atoms. The topological polar surface area (TPSA) is 339 Å². The van der Waals surface area contributed by atoms with Crippen molar-refractivity contribution in [1.29, 1.82) is 0 Å². The Bertz CT molecular complexity index is 1620. The van der Waals surface area contributed by atoms with E-state index in [9.17, 15) is 74.7 Å². The molecule has 0 bridgehead atoms. The van der Waals surface area contributed by atoms with Gasteiger partial charge in [-0.1, -0.05) is 0 Å². The molecule has 0 saturated carbocycles. The van der Waals surface area contributed by atoms with Crippen LogP contribution in [0.2, 0.25) is 0 Å². The van der Waals surface area contributed by atoms with Crippen LogP contribution in [0.15, 0.2) is 0 Å². The van der Waals surface area contributed by atoms with E-state index in [4.69, 9.17) is 0 Å². The van der Waals surface area contributed by atoms with Crippen LogP contribution in [0.1, 0.15) is 74.8 Å². The molecule has 0 heterocycles. The maximum absolute atomic E-state index is 13.6. The number of benzene rings is 2. The van der Waals surface area contributed by atoms with Crippen LogP contribution in [0.5, 0.6) is 0 Å². The van der Waals surface area contributed by atoms with Crippen LogP contribution >= 0.6 is 0 Å². The molecule has 2 aromatic rings. The van der Waals surface area contributed by atoms with Gasteiger partial charge in [0.2, 0.25) is 12.8 Å². The number of amides is 6. The second-order valence-corrected chi connectivity index (χ2v) is 14.3. The van der Waals surface area contributed by atoms with Crippen molar-refractivity contribution in [3.05, 3.63) is 55.6 Å². The number of carbonyl (C=O) groups is 6. The lowest BCUT2D eigenvalue weighted by Gasteiger charge is -2.32. The normalized spacial score (nSPS) is 11.4. The summed E-state index contributed by atoms with van der Waals surface area (Å²) < 4.78 is 0. The molecule has 0 aliphatic heterocycles. The number of anilines is 2. The fourth-order valence-corrected chi connectivity index (χ4v) is 7.15. The summed E-state index contributed by atoms with van der Waals surface area (Å²) in [5.74, 6) is -3.37. The van der Waals surface area contributed by atoms with E-state index in [2.05, 4.69) is 21.3 Å². The first-order valence-corrected chi connectivity index (χ1v) is 18.9. The molecule has 0 aliphatic carbocycles. The van der Waals surface area contributed by atoms with Gasteiger partial charge in [-0.15, -0.1) is 0 Å². The van der Waals surface area contributed by atoms with Crippen molar-refractivity contribution >= 4 is 47.8 Å². The summed E-state index contributed by atoms with van der Waals surface area (Å²) in [6, 6.07) is -4.41. The molecule has 0 aliphatic rings. The lowest BCUT2D eigenvalue weighted by Crippen LogP contribution is -2.44. The fraction of sp³-hybridized carbons (Fsp3) is 0.538. The Morgan fingerprint density at radius 3 is 0.800 bits per heavy atom. The predicted molar refractivity (Wildman–Crippen MR) is 216 cm³/mol. The third-order valence-corrected chi connectivity index (χ3v) is 10.1. The number of nitrogens with one attached hydrogen (secondary N) is 4. The minimum Gasteiger partial charge on any atom is -0.394 e. The Balaban J connectivity index is 2.81. The van der Waals surface area contributed by atoms with Gasteiger partial charge < -0.3 is 77.0 Å². The molecule has 0 aromatic heterocycles. The molecule has 21 nitrogen and oxygen atoms in total. The van der Waals surface area contributed by atoms with Gasteiger partial charge in [0.05, 0.1) is 108 Å². The average molecular weight is 851 g/mol. The number of aliphatic hydroxyl groups is 9. The molecule has 6 amide bonds. The molecule has 60 heavy (non-hydrogen) atoms. The van der Waals surface area contributed by atoms with E-state index >= 15 is 0 Å². The van der Waals surface area contributed by atoms with E-state index in [1.54, 1.807) is 0 Å². The van der Waals surface area contributed by atoms with E-state index in [1.807, 2.05) is 0 Å². The third kappa shape index (κ3) is 11.6. The largest absolute Gasteiger partial charge is 0.394 e. The van der Waals surface area contributed by atoms with Crippen LogP contribution in [0, 0.1) is 41.5 Å². The highest BCUT2D eigenvalue weighted by Crippen LogP contribution is 2.36. The van der Waals surface area contributed by atoms with Gasteiger partial charge in [0, 0.05) is 22.3 Å². The molecule has 0 radical (unpaired) electrons. The van der Waals surface area contributed by atoms with Crippen LogP contribution in [0.4, 0.5) is 11.4 Å². The van der Waals surface area contributed by atoms with Crippen LogP contribution in [-0.4, -0.2) is 179 Å². The molecule has 0 fully saturated rings. The Hall–Kier alpha value is -5.10. The summed E-state index contributed by atoms with van der Waals surface area (Å²) in [5, 5.41) is 98.4. The molecular weight excluding hydrogens is 792 g/mol. The summed E-state index contributed by atoms with van der Waals surface area (Å²) in [6.07, 6.45) is -1.00. The Kier molecular flexibility index (Phi) is 20.1. The summed E-state index contributed by atoms with van der Waals surface area (Å²) in [7, 11) is 0. The second kappa shape index (κ2) is 23.6. The summed E-state index contributed by atoms with van der Waals surface area (Å²) >= 11 is 0. The van der Waals surface area contributed by atoms with E-state index in [1.165, 1.54) is 41.5 Å². The molecule has 13 N–H and O–H groups in total. The summed E-state index contributed by atoms with van der Waals surface area (Å²) in [6.45, 7) is 2.40. The quantitative estimate of drug-likeness (QED) is 0.0446. The smallest absolute Gasteiger partial charge is 0.252 e. The Morgan fingerprint density at radius 1 is 0.433 bits per heavy atom. The van der Waals surface area contributed by atoms with Gasteiger partial charge in [-0.05, 0) is 74.9 Å². The van der Waals surface area contributed by atoms with E-state index < -0.39 is 120 Å². The molecule has 2 rings (SSSR count). The maximum atomic E-state index is 13.6. The van der Waals surface area contributed by atoms with Crippen molar-refractivity contribution in [1.82, 2.24) is 21.3 Å². The van der Waals surface area contributed by atoms with Gasteiger partial charge in [-0.3, -0.25) is 28.8 Å². The summed E-state index contributed by atoms with van der Waals surface area (Å²) in [5.41, 5.74) is 0.136. The summed E-state index contributed by atoms with van der Waals surface area (Å²) in [4.78, 5) is 82.2. The Labute approximate surface area is 346 Å². The van der Waals surface area contributed by atoms with E-state index in [0.29, 0.717) is 12.8 Å². The standard InChI is InChI=1S/C39H58N6O15/c1-19-30(36(57)40-25(9-46)10-47)21(3)34(22(4)31(19)37(58)41-26(11-48)12-49)44(17-54)7-29(56)8-45(18-55)35-23(5)32(38(59)42-27(13-50)14-51)20(2)33(24(35)6)39(60)43-28(15-52)16-53/h17-18,25-29,46-53,56H,7-16H2,1-6H3,(H,40,57)(H,41,58)(H,42,59)(H,43,60). The first-order chi connectivity index (χ1) is 28.4. The van der Waals surface area contributed by atoms with Crippen LogP contribution < -0.4 is 31.1 Å². The first-order valence-electron chi connectivity index (χ1n) is 18.9. The number of hydrogen-bond donors (Lipinski definition) is 13. The van der Waals surface area contributed by atoms with Crippen molar-refractivity contribution < 1.29 is 74.7 Å². The zero-order valence-corrected chi connectivity index (χ0v) is 34.5. The highest BCUT2D eigenvalue weighted by molar-refractivity contribution is 6.08. The lowest BCUT2D eigenvalue weighted by atomic mass is 9.89. The van der Waals surface area contributed by atoms with E-state index in [0.717, 1.165) is 9.80 Å². The van der Waals surface area contributed by atoms with Gasteiger partial charge in [0.15, 0.2) is 0 Å². The number of rotatable bonds is 24. The van der Waals surface area contributed by atoms with Gasteiger partial charge in [-0.25, -0.2) is 0 Å². The van der Waals surface area contributed by atoms with Crippen molar-refractivity contribution in [2.75, 3.05) is 75.7 Å². The fourth-order valence-electron chi connectivity index (χ4n) is 7.15. The molecule has 21 heteroatoms. The predicted octanol–water partition coefficient (Wildman–Crippen LogP) is -4.14. The van der Waals surface area contributed by atoms with Gasteiger partial charge in [0.25, 0.3) is 23.6 Å². The monoisotopic (exact) mass is 850 g/mol. The van der Waals surface area contributed by atoms with Gasteiger partial charge in [-0.2, -0.15) is 0 Å². The van der Waals surface area contributed by atoms with Crippen LogP contribution in [0.3, 0.4) is 0 Å². The van der Waals surface area contributed by atoms with E-state index in [-0.39, 0.29) is 67.0 Å². The highest BCUT2D eigenvalue weighted by atomic mass is 16.3. The molecule has 0 unspecified atom stereocenters. The third-order valence-electron chi connectivity index (χ3n) is 10.1. The van der Waals surface area contributed by atoms with Crippen molar-refractivity contribution in [2.24, 2.45) is 0 Å². The number of nitrogens with zero attached hydrogens (tertiary/aromatic N) is 2. The molecular formula is C39H58N6O15. The zero-order chi connectivity index (χ0) is 45.6. The Morgan fingerprint density at radius 2 is 0.633 bits per heavy atom. The SMILES string of the molecule is Cc1c(C(=O)NC(CO)CO)c(C)c(N(C=O)CC(O)CN(C=O)c2c(C)c(C(=O)NC(CO)CO)c(C)c(C(=O)NC(CO)CO)c2C)c(C)c1C(=O)NC(CO)CO. The molecule has 0 atom stereocenters. The molecule has 334 valence electrons. The number of carbonyl (C=O) groups excluding carboxylic acids is 6. The number of aliphatic hydroxyl groups excluding tert-OH is 9. The maximum Gasteiger partial charge on any atom is 0.252 e. The minimum absolute atomic E-state index is 0.0260. The zero-order valence-electron chi connectivity index (χ0n) is 34.5. The van der Waals surface area contributed by atoms with Crippen molar-refractivity contribution in [3.63, 3.8) is 0 Å². The van der Waals surface area contributed by atoms with Gasteiger partial charge >= 0.3 is 0 Å². The highest BCUT2D eigenvalue weighted by Gasteiger charge is 2.32. The van der Waals surface area contributed by atoms with Crippen molar-refractivity contribution in [2.45, 2.75) is 71.8 Å².